The lowest BCUT2D eigenvalue weighted by Crippen LogP contribution is -2.31. The van der Waals surface area contributed by atoms with E-state index >= 15 is 0 Å². The van der Waals surface area contributed by atoms with Crippen LogP contribution < -0.4 is 10.6 Å². The summed E-state index contributed by atoms with van der Waals surface area (Å²) >= 11 is 1.24. The standard InChI is InChI=1S/C10H10N6O3S/c17-8(18)6-5-20-7(14-6)1-2-12-10(19)15-9-11-3-4-13-16-9/h3-5H,1-2H2,(H,17,18)(H2,11,12,15,16,19). The van der Waals surface area contributed by atoms with Gasteiger partial charge in [-0.3, -0.25) is 5.32 Å². The van der Waals surface area contributed by atoms with Gasteiger partial charge in [-0.1, -0.05) is 0 Å². The number of carboxylic acids is 1. The van der Waals surface area contributed by atoms with E-state index in [-0.39, 0.29) is 11.6 Å². The van der Waals surface area contributed by atoms with Crippen LogP contribution in [0.2, 0.25) is 0 Å². The summed E-state index contributed by atoms with van der Waals surface area (Å²) in [5.74, 6) is -0.959. The predicted molar refractivity (Wildman–Crippen MR) is 69.6 cm³/mol. The molecule has 0 radical (unpaired) electrons. The molecule has 0 fully saturated rings. The summed E-state index contributed by atoms with van der Waals surface area (Å²) in [7, 11) is 0. The molecule has 104 valence electrons. The van der Waals surface area contributed by atoms with Crippen molar-refractivity contribution in [2.24, 2.45) is 0 Å². The minimum atomic E-state index is -1.06. The molecule has 2 rings (SSSR count). The number of amides is 2. The number of carbonyl (C=O) groups is 2. The molecule has 0 aliphatic heterocycles. The number of nitrogens with zero attached hydrogens (tertiary/aromatic N) is 4. The Morgan fingerprint density at radius 3 is 2.85 bits per heavy atom. The van der Waals surface area contributed by atoms with Gasteiger partial charge in [0.1, 0.15) is 0 Å². The maximum absolute atomic E-state index is 11.5. The lowest BCUT2D eigenvalue weighted by atomic mass is 10.4. The van der Waals surface area contributed by atoms with Crippen LogP contribution in [0.5, 0.6) is 0 Å². The van der Waals surface area contributed by atoms with Gasteiger partial charge in [0.05, 0.1) is 17.4 Å². The molecule has 0 unspecified atom stereocenters. The molecule has 2 aromatic heterocycles. The summed E-state index contributed by atoms with van der Waals surface area (Å²) in [5, 5.41) is 23.0. The quantitative estimate of drug-likeness (QED) is 0.727. The SMILES string of the molecule is O=C(NCCc1nc(C(=O)O)cs1)Nc1nccnn1. The fourth-order valence-corrected chi connectivity index (χ4v) is 2.03. The molecule has 0 saturated carbocycles. The van der Waals surface area contributed by atoms with Gasteiger partial charge in [0.2, 0.25) is 0 Å². The van der Waals surface area contributed by atoms with Crippen molar-refractivity contribution >= 4 is 29.3 Å². The van der Waals surface area contributed by atoms with Crippen molar-refractivity contribution in [3.05, 3.63) is 28.5 Å². The second-order valence-corrected chi connectivity index (χ2v) is 4.47. The van der Waals surface area contributed by atoms with Crippen LogP contribution >= 0.6 is 11.3 Å². The van der Waals surface area contributed by atoms with E-state index in [2.05, 4.69) is 30.8 Å². The van der Waals surface area contributed by atoms with Crippen LogP contribution in [0.3, 0.4) is 0 Å². The van der Waals surface area contributed by atoms with E-state index in [1.165, 1.54) is 29.1 Å². The van der Waals surface area contributed by atoms with Crippen molar-refractivity contribution in [2.45, 2.75) is 6.42 Å². The lowest BCUT2D eigenvalue weighted by molar-refractivity contribution is 0.0691. The first-order valence-corrected chi connectivity index (χ1v) is 6.39. The summed E-state index contributed by atoms with van der Waals surface area (Å²) in [6.07, 6.45) is 3.25. The highest BCUT2D eigenvalue weighted by Gasteiger charge is 2.09. The number of hydrogen-bond donors (Lipinski definition) is 3. The zero-order valence-corrected chi connectivity index (χ0v) is 10.9. The number of aromatic nitrogens is 4. The minimum absolute atomic E-state index is 0.0122. The number of thiazole rings is 1. The zero-order valence-electron chi connectivity index (χ0n) is 10.1. The molecule has 2 heterocycles. The number of carboxylic acid groups (broad SMARTS) is 1. The first-order chi connectivity index (χ1) is 9.65. The average molecular weight is 294 g/mol. The van der Waals surface area contributed by atoms with Gasteiger partial charge in [-0.25, -0.2) is 19.6 Å². The van der Waals surface area contributed by atoms with Gasteiger partial charge in [0.15, 0.2) is 5.69 Å². The second-order valence-electron chi connectivity index (χ2n) is 3.53. The van der Waals surface area contributed by atoms with Crippen molar-refractivity contribution in [2.75, 3.05) is 11.9 Å². The van der Waals surface area contributed by atoms with E-state index in [0.29, 0.717) is 18.0 Å². The summed E-state index contributed by atoms with van der Waals surface area (Å²) in [6, 6.07) is -0.465. The van der Waals surface area contributed by atoms with Crippen LogP contribution in [0.25, 0.3) is 0 Å². The second kappa shape index (κ2) is 6.52. The molecule has 0 aromatic carbocycles. The first-order valence-electron chi connectivity index (χ1n) is 5.51. The monoisotopic (exact) mass is 294 g/mol. The van der Waals surface area contributed by atoms with Crippen LogP contribution in [-0.2, 0) is 6.42 Å². The Labute approximate surface area is 117 Å². The number of nitrogens with one attached hydrogen (secondary N) is 2. The molecule has 2 amide bonds. The van der Waals surface area contributed by atoms with Crippen LogP contribution in [0.1, 0.15) is 15.5 Å². The number of aromatic carboxylic acids is 1. The van der Waals surface area contributed by atoms with E-state index in [9.17, 15) is 9.59 Å². The highest BCUT2D eigenvalue weighted by atomic mass is 32.1. The van der Waals surface area contributed by atoms with Crippen LogP contribution in [0.4, 0.5) is 10.7 Å². The van der Waals surface area contributed by atoms with Crippen molar-refractivity contribution in [1.82, 2.24) is 25.5 Å². The molecule has 0 spiro atoms. The molecule has 0 aliphatic carbocycles. The highest BCUT2D eigenvalue weighted by molar-refractivity contribution is 7.09. The molecular weight excluding hydrogens is 284 g/mol. The average Bonchev–Trinajstić information content (AvgIpc) is 2.89. The Morgan fingerprint density at radius 2 is 2.20 bits per heavy atom. The fraction of sp³-hybridized carbons (Fsp3) is 0.200. The van der Waals surface area contributed by atoms with E-state index in [1.807, 2.05) is 0 Å². The molecule has 0 aliphatic rings. The van der Waals surface area contributed by atoms with Crippen LogP contribution in [0, 0.1) is 0 Å². The molecule has 2 aromatic rings. The van der Waals surface area contributed by atoms with E-state index in [4.69, 9.17) is 5.11 Å². The van der Waals surface area contributed by atoms with Gasteiger partial charge < -0.3 is 10.4 Å². The Morgan fingerprint density at radius 1 is 1.35 bits per heavy atom. The minimum Gasteiger partial charge on any atom is -0.476 e. The zero-order chi connectivity index (χ0) is 14.4. The lowest BCUT2D eigenvalue weighted by Gasteiger charge is -2.04. The van der Waals surface area contributed by atoms with E-state index in [1.54, 1.807) is 0 Å². The molecule has 3 N–H and O–H groups in total. The number of urea groups is 1. The summed E-state index contributed by atoms with van der Waals surface area (Å²) in [5.41, 5.74) is 0.0122. The Bertz CT molecular complexity index is 602. The topological polar surface area (TPSA) is 130 Å². The Balaban J connectivity index is 1.75. The Kier molecular flexibility index (Phi) is 4.50. The summed E-state index contributed by atoms with van der Waals surface area (Å²) in [6.45, 7) is 0.318. The summed E-state index contributed by atoms with van der Waals surface area (Å²) < 4.78 is 0. The third kappa shape index (κ3) is 3.95. The number of carbonyl (C=O) groups excluding carboxylic acids is 1. The van der Waals surface area contributed by atoms with Gasteiger partial charge in [-0.2, -0.15) is 5.10 Å². The largest absolute Gasteiger partial charge is 0.476 e. The normalized spacial score (nSPS) is 10.0. The maximum Gasteiger partial charge on any atom is 0.355 e. The number of anilines is 1. The summed E-state index contributed by atoms with van der Waals surface area (Å²) in [4.78, 5) is 29.8. The van der Waals surface area contributed by atoms with Gasteiger partial charge >= 0.3 is 12.0 Å². The molecular formula is C10H10N6O3S. The van der Waals surface area contributed by atoms with Crippen molar-refractivity contribution in [3.63, 3.8) is 0 Å². The van der Waals surface area contributed by atoms with Crippen LogP contribution in [0.15, 0.2) is 17.8 Å². The van der Waals surface area contributed by atoms with E-state index < -0.39 is 12.0 Å². The molecule has 0 saturated heterocycles. The third-order valence-corrected chi connectivity index (χ3v) is 3.01. The van der Waals surface area contributed by atoms with Gasteiger partial charge in [0, 0.05) is 18.3 Å². The molecule has 10 heteroatoms. The maximum atomic E-state index is 11.5. The highest BCUT2D eigenvalue weighted by Crippen LogP contribution is 2.09. The third-order valence-electron chi connectivity index (χ3n) is 2.10. The molecule has 0 atom stereocenters. The van der Waals surface area contributed by atoms with E-state index in [0.717, 1.165) is 0 Å². The van der Waals surface area contributed by atoms with Crippen molar-refractivity contribution in [3.8, 4) is 0 Å². The molecule has 9 nitrogen and oxygen atoms in total. The molecule has 20 heavy (non-hydrogen) atoms. The first kappa shape index (κ1) is 13.8. The predicted octanol–water partition coefficient (Wildman–Crippen LogP) is 0.390. The Hall–Kier alpha value is -2.62. The smallest absolute Gasteiger partial charge is 0.355 e. The number of hydrogen-bond acceptors (Lipinski definition) is 7. The van der Waals surface area contributed by atoms with Crippen molar-refractivity contribution in [1.29, 1.82) is 0 Å². The fourth-order valence-electron chi connectivity index (χ4n) is 1.26. The van der Waals surface area contributed by atoms with Crippen molar-refractivity contribution < 1.29 is 14.7 Å². The van der Waals surface area contributed by atoms with Gasteiger partial charge in [-0.05, 0) is 0 Å². The van der Waals surface area contributed by atoms with Crippen LogP contribution in [-0.4, -0.2) is 43.8 Å². The van der Waals surface area contributed by atoms with Gasteiger partial charge in [-0.15, -0.1) is 16.4 Å². The molecule has 0 bridgehead atoms. The van der Waals surface area contributed by atoms with Gasteiger partial charge in [0.25, 0.3) is 5.95 Å². The number of rotatable bonds is 5.